The minimum Gasteiger partial charge on any atom is -0.339 e. The molecule has 4 nitrogen and oxygen atoms in total. The molecule has 0 aliphatic carbocycles. The lowest BCUT2D eigenvalue weighted by Gasteiger charge is -2.21. The highest BCUT2D eigenvalue weighted by atomic mass is 35.5. The fourth-order valence-electron chi connectivity index (χ4n) is 3.32. The second-order valence-electron chi connectivity index (χ2n) is 8.07. The monoisotopic (exact) mass is 384 g/mol. The van der Waals surface area contributed by atoms with Gasteiger partial charge in [0.05, 0.1) is 6.04 Å². The third kappa shape index (κ3) is 4.16. The lowest BCUT2D eigenvalue weighted by Crippen LogP contribution is -2.27. The number of nitrogens with one attached hydrogen (secondary N) is 1. The lowest BCUT2D eigenvalue weighted by atomic mass is 9.86. The van der Waals surface area contributed by atoms with Crippen molar-refractivity contribution in [1.82, 2.24) is 9.88 Å². The van der Waals surface area contributed by atoms with Crippen molar-refractivity contribution in [1.29, 1.82) is 0 Å². The van der Waals surface area contributed by atoms with Crippen LogP contribution < -0.4 is 5.56 Å². The van der Waals surface area contributed by atoms with Crippen LogP contribution in [0.3, 0.4) is 0 Å². The lowest BCUT2D eigenvalue weighted by molar-refractivity contribution is -0.127. The average Bonchev–Trinajstić information content (AvgIpc) is 2.93. The molecule has 1 fully saturated rings. The minimum atomic E-state index is -0.317. The summed E-state index contributed by atoms with van der Waals surface area (Å²) in [5.41, 5.74) is 3.57. The molecule has 1 saturated heterocycles. The van der Waals surface area contributed by atoms with Gasteiger partial charge in [-0.25, -0.2) is 0 Å². The Morgan fingerprint density at radius 3 is 2.33 bits per heavy atom. The maximum absolute atomic E-state index is 12.0. The number of benzene rings is 1. The Morgan fingerprint density at radius 2 is 1.81 bits per heavy atom. The first kappa shape index (κ1) is 19.4. The van der Waals surface area contributed by atoms with Gasteiger partial charge in [-0.2, -0.15) is 0 Å². The van der Waals surface area contributed by atoms with Crippen LogP contribution in [0.5, 0.6) is 0 Å². The maximum Gasteiger partial charge on any atom is 0.267 e. The molecule has 1 N–H and O–H groups in total. The van der Waals surface area contributed by atoms with E-state index in [9.17, 15) is 9.59 Å². The number of rotatable bonds is 3. The van der Waals surface area contributed by atoms with Crippen molar-refractivity contribution in [2.75, 3.05) is 7.05 Å². The summed E-state index contributed by atoms with van der Waals surface area (Å²) in [4.78, 5) is 28.6. The standard InChI is InChI=1S/C22H25ClN2O2/c1-22(2,3)15-7-5-14(6-8-15)17(13-16-9-12-20(26)25(16)4)19-11-10-18(23)21(27)24-19/h5-8,10-11,13,16H,9,12H2,1-4H3,(H,24,27)/t16-/m1/s1. The molecule has 1 aliphatic rings. The highest BCUT2D eigenvalue weighted by Gasteiger charge is 2.27. The van der Waals surface area contributed by atoms with E-state index in [-0.39, 0.29) is 27.9 Å². The van der Waals surface area contributed by atoms with Gasteiger partial charge in [-0.05, 0) is 35.1 Å². The largest absolute Gasteiger partial charge is 0.339 e. The van der Waals surface area contributed by atoms with E-state index in [1.165, 1.54) is 5.56 Å². The zero-order valence-electron chi connectivity index (χ0n) is 16.2. The minimum absolute atomic E-state index is 0.00831. The molecule has 1 aromatic carbocycles. The number of H-pyrrole nitrogens is 1. The molecule has 0 saturated carbocycles. The van der Waals surface area contributed by atoms with Gasteiger partial charge in [-0.15, -0.1) is 0 Å². The number of halogens is 1. The zero-order chi connectivity index (χ0) is 19.8. The molecule has 142 valence electrons. The SMILES string of the molecule is CN1C(=O)CC[C@@H]1C=C(c1ccc(C(C)(C)C)cc1)c1ccc(Cl)c(=O)[nH]1. The molecule has 1 aromatic heterocycles. The van der Waals surface area contributed by atoms with Gasteiger partial charge in [-0.1, -0.05) is 62.7 Å². The summed E-state index contributed by atoms with van der Waals surface area (Å²) in [5.74, 6) is 0.142. The molecule has 0 bridgehead atoms. The van der Waals surface area contributed by atoms with Crippen molar-refractivity contribution in [2.24, 2.45) is 0 Å². The highest BCUT2D eigenvalue weighted by molar-refractivity contribution is 6.30. The number of pyridine rings is 1. The second kappa shape index (κ2) is 7.35. The Bertz CT molecular complexity index is 936. The van der Waals surface area contributed by atoms with E-state index >= 15 is 0 Å². The summed E-state index contributed by atoms with van der Waals surface area (Å²) in [6, 6.07) is 11.8. The Kier molecular flexibility index (Phi) is 5.29. The van der Waals surface area contributed by atoms with Crippen LogP contribution >= 0.6 is 11.6 Å². The summed E-state index contributed by atoms with van der Waals surface area (Å²) in [5, 5.41) is 0.161. The molecule has 0 unspecified atom stereocenters. The van der Waals surface area contributed by atoms with Gasteiger partial charge >= 0.3 is 0 Å². The first-order valence-electron chi connectivity index (χ1n) is 9.14. The van der Waals surface area contributed by atoms with Gasteiger partial charge in [-0.3, -0.25) is 9.59 Å². The molecule has 1 atom stereocenters. The van der Waals surface area contributed by atoms with Crippen LogP contribution in [0.4, 0.5) is 0 Å². The third-order valence-corrected chi connectivity index (χ3v) is 5.42. The van der Waals surface area contributed by atoms with Crippen LogP contribution in [0, 0.1) is 0 Å². The number of hydrogen-bond donors (Lipinski definition) is 1. The van der Waals surface area contributed by atoms with E-state index in [1.54, 1.807) is 11.0 Å². The van der Waals surface area contributed by atoms with Gasteiger partial charge in [0.1, 0.15) is 5.02 Å². The van der Waals surface area contributed by atoms with Gasteiger partial charge in [0.25, 0.3) is 5.56 Å². The molecule has 27 heavy (non-hydrogen) atoms. The topological polar surface area (TPSA) is 53.2 Å². The predicted molar refractivity (Wildman–Crippen MR) is 110 cm³/mol. The molecule has 2 aromatic rings. The normalized spacial score (nSPS) is 18.3. The summed E-state index contributed by atoms with van der Waals surface area (Å²) in [6.45, 7) is 6.53. The molecule has 1 aliphatic heterocycles. The Hall–Kier alpha value is -2.33. The predicted octanol–water partition coefficient (Wildman–Crippen LogP) is 4.38. The Morgan fingerprint density at radius 1 is 1.15 bits per heavy atom. The van der Waals surface area contributed by atoms with E-state index < -0.39 is 0 Å². The third-order valence-electron chi connectivity index (χ3n) is 5.12. The Labute approximate surface area is 164 Å². The van der Waals surface area contributed by atoms with Crippen LogP contribution in [0.25, 0.3) is 5.57 Å². The molecule has 5 heteroatoms. The number of likely N-dealkylation sites (tertiary alicyclic amines) is 1. The van der Waals surface area contributed by atoms with Crippen molar-refractivity contribution in [3.63, 3.8) is 0 Å². The van der Waals surface area contributed by atoms with Gasteiger partial charge in [0.15, 0.2) is 0 Å². The number of hydrogen-bond acceptors (Lipinski definition) is 2. The van der Waals surface area contributed by atoms with Gasteiger partial charge < -0.3 is 9.88 Å². The number of aromatic amines is 1. The fourth-order valence-corrected chi connectivity index (χ4v) is 3.43. The summed E-state index contributed by atoms with van der Waals surface area (Å²) >= 11 is 5.90. The molecular formula is C22H25ClN2O2. The quantitative estimate of drug-likeness (QED) is 0.853. The van der Waals surface area contributed by atoms with Crippen LogP contribution in [-0.4, -0.2) is 28.9 Å². The van der Waals surface area contributed by atoms with Gasteiger partial charge in [0.2, 0.25) is 5.91 Å². The second-order valence-corrected chi connectivity index (χ2v) is 8.47. The van der Waals surface area contributed by atoms with Crippen LogP contribution in [-0.2, 0) is 10.2 Å². The molecule has 2 heterocycles. The number of likely N-dealkylation sites (N-methyl/N-ethyl adjacent to an activating group) is 1. The molecule has 1 amide bonds. The molecule has 0 radical (unpaired) electrons. The molecular weight excluding hydrogens is 360 g/mol. The summed E-state index contributed by atoms with van der Waals surface area (Å²) in [7, 11) is 1.82. The van der Waals surface area contributed by atoms with E-state index in [0.717, 1.165) is 17.6 Å². The van der Waals surface area contributed by atoms with Crippen molar-refractivity contribution in [3.8, 4) is 0 Å². The van der Waals surface area contributed by atoms with Crippen molar-refractivity contribution in [3.05, 3.63) is 74.7 Å². The first-order chi connectivity index (χ1) is 12.7. The van der Waals surface area contributed by atoms with Crippen LogP contribution in [0.15, 0.2) is 47.3 Å². The van der Waals surface area contributed by atoms with Crippen molar-refractivity contribution < 1.29 is 4.79 Å². The number of nitrogens with zero attached hydrogens (tertiary/aromatic N) is 1. The van der Waals surface area contributed by atoms with Crippen molar-refractivity contribution >= 4 is 23.1 Å². The summed E-state index contributed by atoms with van der Waals surface area (Å²) in [6.07, 6.45) is 3.39. The number of amides is 1. The Balaban J connectivity index is 2.08. The average molecular weight is 385 g/mol. The smallest absolute Gasteiger partial charge is 0.267 e. The first-order valence-corrected chi connectivity index (χ1v) is 9.52. The van der Waals surface area contributed by atoms with Crippen molar-refractivity contribution in [2.45, 2.75) is 45.1 Å². The van der Waals surface area contributed by atoms with Gasteiger partial charge in [0, 0.05) is 24.7 Å². The molecule has 0 spiro atoms. The van der Waals surface area contributed by atoms with Crippen LogP contribution in [0.2, 0.25) is 5.02 Å². The van der Waals surface area contributed by atoms with Crippen LogP contribution in [0.1, 0.15) is 50.4 Å². The summed E-state index contributed by atoms with van der Waals surface area (Å²) < 4.78 is 0. The van der Waals surface area contributed by atoms with E-state index in [2.05, 4.69) is 56.1 Å². The molecule has 3 rings (SSSR count). The number of aromatic nitrogens is 1. The fraction of sp³-hybridized carbons (Fsp3) is 0.364. The van der Waals surface area contributed by atoms with E-state index in [1.807, 2.05) is 13.1 Å². The maximum atomic E-state index is 12.0. The number of carbonyl (C=O) groups excluding carboxylic acids is 1. The zero-order valence-corrected chi connectivity index (χ0v) is 16.9. The van der Waals surface area contributed by atoms with E-state index in [4.69, 9.17) is 11.6 Å². The number of carbonyl (C=O) groups is 1. The van der Waals surface area contributed by atoms with E-state index in [0.29, 0.717) is 12.1 Å². The highest BCUT2D eigenvalue weighted by Crippen LogP contribution is 2.29.